The van der Waals surface area contributed by atoms with Crippen molar-refractivity contribution in [3.8, 4) is 0 Å². The Bertz CT molecular complexity index is 953. The van der Waals surface area contributed by atoms with Gasteiger partial charge in [-0.3, -0.25) is 9.78 Å². The number of benzene rings is 1. The first-order valence-corrected chi connectivity index (χ1v) is 9.77. The van der Waals surface area contributed by atoms with Crippen LogP contribution < -0.4 is 15.1 Å². The number of aryl methyl sites for hydroxylation is 1. The molecule has 0 bridgehead atoms. The van der Waals surface area contributed by atoms with E-state index in [-0.39, 0.29) is 5.91 Å². The van der Waals surface area contributed by atoms with E-state index >= 15 is 0 Å². The van der Waals surface area contributed by atoms with Crippen molar-refractivity contribution in [1.82, 2.24) is 20.5 Å². The highest BCUT2D eigenvalue weighted by Gasteiger charge is 2.19. The number of hydrogen-bond acceptors (Lipinski definition) is 6. The molecule has 7 heteroatoms. The number of piperazine rings is 1. The highest BCUT2D eigenvalue weighted by atomic mass is 16.1. The second-order valence-electron chi connectivity index (χ2n) is 7.09. The number of rotatable bonds is 5. The van der Waals surface area contributed by atoms with E-state index in [9.17, 15) is 4.79 Å². The zero-order chi connectivity index (χ0) is 20.1. The fourth-order valence-electron chi connectivity index (χ4n) is 3.40. The molecule has 1 amide bonds. The van der Waals surface area contributed by atoms with Gasteiger partial charge in [-0.05, 0) is 48.9 Å². The molecule has 1 saturated heterocycles. The minimum atomic E-state index is -0.251. The molecule has 0 atom stereocenters. The third-order valence-electron chi connectivity index (χ3n) is 5.01. The van der Waals surface area contributed by atoms with Crippen molar-refractivity contribution in [2.45, 2.75) is 13.5 Å². The van der Waals surface area contributed by atoms with Gasteiger partial charge in [-0.1, -0.05) is 18.2 Å². The second kappa shape index (κ2) is 8.68. The van der Waals surface area contributed by atoms with Crippen LogP contribution in [0.4, 0.5) is 11.5 Å². The van der Waals surface area contributed by atoms with Gasteiger partial charge in [0.2, 0.25) is 0 Å². The van der Waals surface area contributed by atoms with Gasteiger partial charge in [0.05, 0.1) is 12.2 Å². The number of carbonyl (C=O) groups excluding carboxylic acids is 1. The van der Waals surface area contributed by atoms with Crippen molar-refractivity contribution in [2.75, 3.05) is 36.0 Å². The summed E-state index contributed by atoms with van der Waals surface area (Å²) in [7, 11) is 0. The molecule has 1 N–H and O–H groups in total. The fourth-order valence-corrected chi connectivity index (χ4v) is 3.40. The quantitative estimate of drug-likeness (QED) is 0.724. The Hall–Kier alpha value is -3.48. The van der Waals surface area contributed by atoms with E-state index in [0.29, 0.717) is 12.2 Å². The van der Waals surface area contributed by atoms with E-state index < -0.39 is 0 Å². The van der Waals surface area contributed by atoms with Gasteiger partial charge in [0.1, 0.15) is 0 Å². The van der Waals surface area contributed by atoms with Crippen molar-refractivity contribution in [3.63, 3.8) is 0 Å². The van der Waals surface area contributed by atoms with Crippen LogP contribution in [-0.4, -0.2) is 47.3 Å². The molecule has 4 rings (SSSR count). The van der Waals surface area contributed by atoms with Crippen LogP contribution in [0.1, 0.15) is 21.7 Å². The monoisotopic (exact) mass is 388 g/mol. The van der Waals surface area contributed by atoms with Crippen LogP contribution in [-0.2, 0) is 6.54 Å². The second-order valence-corrected chi connectivity index (χ2v) is 7.09. The zero-order valence-corrected chi connectivity index (χ0v) is 16.5. The van der Waals surface area contributed by atoms with E-state index in [2.05, 4.69) is 61.5 Å². The Balaban J connectivity index is 1.32. The molecule has 7 nitrogen and oxygen atoms in total. The van der Waals surface area contributed by atoms with E-state index in [1.807, 2.05) is 24.3 Å². The average molecular weight is 388 g/mol. The molecule has 3 heterocycles. The third-order valence-corrected chi connectivity index (χ3v) is 5.01. The molecule has 3 aromatic rings. The van der Waals surface area contributed by atoms with Gasteiger partial charge in [0.25, 0.3) is 5.91 Å². The van der Waals surface area contributed by atoms with Crippen molar-refractivity contribution in [2.24, 2.45) is 0 Å². The zero-order valence-electron chi connectivity index (χ0n) is 16.5. The molecule has 1 aromatic carbocycles. The molecule has 148 valence electrons. The Labute approximate surface area is 170 Å². The van der Waals surface area contributed by atoms with Gasteiger partial charge in [0.15, 0.2) is 11.5 Å². The SMILES string of the molecule is Cc1cccc(N2CCN(c3ccc(C(=O)NCc4ccccn4)nn3)CC2)c1. The number of nitrogens with one attached hydrogen (secondary N) is 1. The Morgan fingerprint density at radius 3 is 2.48 bits per heavy atom. The summed E-state index contributed by atoms with van der Waals surface area (Å²) < 4.78 is 0. The molecule has 0 unspecified atom stereocenters. The molecule has 29 heavy (non-hydrogen) atoms. The molecule has 1 aliphatic heterocycles. The molecule has 1 aliphatic rings. The predicted molar refractivity (Wildman–Crippen MR) is 113 cm³/mol. The van der Waals surface area contributed by atoms with Crippen molar-refractivity contribution in [1.29, 1.82) is 0 Å². The topological polar surface area (TPSA) is 74.2 Å². The Morgan fingerprint density at radius 2 is 1.79 bits per heavy atom. The van der Waals surface area contributed by atoms with Gasteiger partial charge in [0, 0.05) is 38.1 Å². The predicted octanol–water partition coefficient (Wildman–Crippen LogP) is 2.44. The Kier molecular flexibility index (Phi) is 5.65. The maximum Gasteiger partial charge on any atom is 0.272 e. The van der Waals surface area contributed by atoms with Gasteiger partial charge in [-0.2, -0.15) is 0 Å². The van der Waals surface area contributed by atoms with Crippen LogP contribution in [0, 0.1) is 6.92 Å². The maximum absolute atomic E-state index is 12.3. The summed E-state index contributed by atoms with van der Waals surface area (Å²) >= 11 is 0. The van der Waals surface area contributed by atoms with E-state index in [0.717, 1.165) is 37.7 Å². The third kappa shape index (κ3) is 4.68. The van der Waals surface area contributed by atoms with Crippen LogP contribution in [0.2, 0.25) is 0 Å². The highest BCUT2D eigenvalue weighted by molar-refractivity contribution is 5.92. The number of hydrogen-bond donors (Lipinski definition) is 1. The lowest BCUT2D eigenvalue weighted by atomic mass is 10.2. The summed E-state index contributed by atoms with van der Waals surface area (Å²) in [4.78, 5) is 21.1. The van der Waals surface area contributed by atoms with Crippen LogP contribution in [0.5, 0.6) is 0 Å². The number of aromatic nitrogens is 3. The van der Waals surface area contributed by atoms with Gasteiger partial charge >= 0.3 is 0 Å². The highest BCUT2D eigenvalue weighted by Crippen LogP contribution is 2.20. The van der Waals surface area contributed by atoms with Crippen LogP contribution in [0.15, 0.2) is 60.8 Å². The molecule has 0 spiro atoms. The van der Waals surface area contributed by atoms with Crippen LogP contribution in [0.25, 0.3) is 0 Å². The summed E-state index contributed by atoms with van der Waals surface area (Å²) in [6, 6.07) is 17.8. The molecular formula is C22H24N6O. The van der Waals surface area contributed by atoms with Crippen LogP contribution >= 0.6 is 0 Å². The Morgan fingerprint density at radius 1 is 0.966 bits per heavy atom. The summed E-state index contributed by atoms with van der Waals surface area (Å²) in [6.07, 6.45) is 1.70. The average Bonchev–Trinajstić information content (AvgIpc) is 2.78. The first kappa shape index (κ1) is 18.9. The summed E-state index contributed by atoms with van der Waals surface area (Å²) in [5.41, 5.74) is 3.64. The van der Waals surface area contributed by atoms with Crippen LogP contribution in [0.3, 0.4) is 0 Å². The van der Waals surface area contributed by atoms with Gasteiger partial charge < -0.3 is 15.1 Å². The van der Waals surface area contributed by atoms with E-state index in [4.69, 9.17) is 0 Å². The van der Waals surface area contributed by atoms with E-state index in [1.165, 1.54) is 11.3 Å². The number of anilines is 2. The van der Waals surface area contributed by atoms with Gasteiger partial charge in [-0.15, -0.1) is 10.2 Å². The molecule has 1 fully saturated rings. The number of pyridine rings is 1. The first-order valence-electron chi connectivity index (χ1n) is 9.77. The van der Waals surface area contributed by atoms with E-state index in [1.54, 1.807) is 12.3 Å². The standard InChI is InChI=1S/C22H24N6O/c1-17-5-4-7-19(15-17)27-11-13-28(14-12-27)21-9-8-20(25-26-21)22(29)24-16-18-6-2-3-10-23-18/h2-10,15H,11-14,16H2,1H3,(H,24,29). The molecule has 0 aliphatic carbocycles. The smallest absolute Gasteiger partial charge is 0.272 e. The summed E-state index contributed by atoms with van der Waals surface area (Å²) in [6.45, 7) is 6.07. The number of nitrogens with zero attached hydrogens (tertiary/aromatic N) is 5. The van der Waals surface area contributed by atoms with Crippen molar-refractivity contribution < 1.29 is 4.79 Å². The summed E-state index contributed by atoms with van der Waals surface area (Å²) in [5, 5.41) is 11.2. The lowest BCUT2D eigenvalue weighted by molar-refractivity contribution is 0.0944. The normalized spacial score (nSPS) is 14.0. The molecule has 0 radical (unpaired) electrons. The summed E-state index contributed by atoms with van der Waals surface area (Å²) in [5.74, 6) is 0.550. The fraction of sp³-hybridized carbons (Fsp3) is 0.273. The molecule has 2 aromatic heterocycles. The van der Waals surface area contributed by atoms with Crippen molar-refractivity contribution in [3.05, 3.63) is 77.7 Å². The van der Waals surface area contributed by atoms with Crippen molar-refractivity contribution >= 4 is 17.4 Å². The van der Waals surface area contributed by atoms with Gasteiger partial charge in [-0.25, -0.2) is 0 Å². The minimum Gasteiger partial charge on any atom is -0.368 e. The first-order chi connectivity index (χ1) is 14.2. The molecule has 0 saturated carbocycles. The number of amides is 1. The minimum absolute atomic E-state index is 0.251. The largest absolute Gasteiger partial charge is 0.368 e. The maximum atomic E-state index is 12.3. The lowest BCUT2D eigenvalue weighted by Crippen LogP contribution is -2.47. The lowest BCUT2D eigenvalue weighted by Gasteiger charge is -2.36. The number of carbonyl (C=O) groups is 1. The molecular weight excluding hydrogens is 364 g/mol.